The monoisotopic (exact) mass is 318 g/mol. The van der Waals surface area contributed by atoms with E-state index in [9.17, 15) is 28.4 Å². The van der Waals surface area contributed by atoms with Crippen molar-refractivity contribution in [1.29, 1.82) is 0 Å². The van der Waals surface area contributed by atoms with Gasteiger partial charge >= 0.3 is 6.03 Å². The predicted octanol–water partition coefficient (Wildman–Crippen LogP) is -0.0816. The molecule has 3 fully saturated rings. The van der Waals surface area contributed by atoms with Gasteiger partial charge in [0.1, 0.15) is 6.04 Å². The van der Waals surface area contributed by atoms with Crippen molar-refractivity contribution in [2.75, 3.05) is 6.54 Å². The summed E-state index contributed by atoms with van der Waals surface area (Å²) in [5.74, 6) is -0.0359. The van der Waals surface area contributed by atoms with Crippen LogP contribution in [0.4, 0.5) is 13.6 Å². The van der Waals surface area contributed by atoms with Gasteiger partial charge < -0.3 is 4.90 Å². The van der Waals surface area contributed by atoms with Crippen LogP contribution in [0.5, 0.6) is 0 Å². The number of imide groups is 1. The number of piperidine rings is 1. The first-order valence-corrected chi connectivity index (χ1v) is 7.00. The van der Waals surface area contributed by atoms with Crippen molar-refractivity contribution in [2.45, 2.75) is 43.7 Å². The molecule has 2 atom stereocenters. The second-order valence-electron chi connectivity index (χ2n) is 6.03. The topological polar surface area (TPSA) is 107 Å². The van der Waals surface area contributed by atoms with Gasteiger partial charge in [-0.15, -0.1) is 0 Å². The zero-order chi connectivity index (χ0) is 16.2. The molecular formula is C12H16F2N4O4. The average Bonchev–Trinajstić information content (AvgIpc) is 2.67. The number of hydroxylamine groups is 2. The molecule has 0 aromatic heterocycles. The van der Waals surface area contributed by atoms with E-state index >= 15 is 0 Å². The highest BCUT2D eigenvalue weighted by atomic mass is 19.3. The van der Waals surface area contributed by atoms with Crippen LogP contribution in [-0.4, -0.2) is 62.6 Å². The van der Waals surface area contributed by atoms with Crippen LogP contribution in [0, 0.1) is 5.92 Å². The molecule has 3 aliphatic rings. The van der Waals surface area contributed by atoms with E-state index in [-0.39, 0.29) is 19.0 Å². The Morgan fingerprint density at radius 2 is 1.91 bits per heavy atom. The minimum atomic E-state index is -2.88. The minimum absolute atomic E-state index is 0.176. The largest absolute Gasteiger partial charge is 0.344 e. The van der Waals surface area contributed by atoms with Crippen LogP contribution in [0.3, 0.4) is 0 Å². The van der Waals surface area contributed by atoms with Gasteiger partial charge in [0, 0.05) is 19.4 Å². The SMILES string of the molecule is NN(C(=O)C1CC(F)(F)C1)C(=O)C1CCC2CN1C(=O)N2O. The number of rotatable bonds is 2. The molecule has 1 saturated carbocycles. The third-order valence-electron chi connectivity index (χ3n) is 4.54. The summed E-state index contributed by atoms with van der Waals surface area (Å²) in [7, 11) is 0. The third-order valence-corrected chi connectivity index (χ3v) is 4.54. The molecule has 8 nitrogen and oxygen atoms in total. The standard InChI is InChI=1S/C12H16F2N4O4/c13-12(14)3-6(4-12)9(19)17(15)10(20)8-2-1-7-5-16(8)11(21)18(7)22/h6-8,22H,1-5,15H2. The van der Waals surface area contributed by atoms with Gasteiger partial charge in [-0.25, -0.2) is 29.5 Å². The van der Waals surface area contributed by atoms with E-state index in [1.54, 1.807) is 0 Å². The van der Waals surface area contributed by atoms with Crippen molar-refractivity contribution in [2.24, 2.45) is 11.8 Å². The Morgan fingerprint density at radius 1 is 1.27 bits per heavy atom. The van der Waals surface area contributed by atoms with Crippen LogP contribution >= 0.6 is 0 Å². The van der Waals surface area contributed by atoms with Gasteiger partial charge in [-0.2, -0.15) is 0 Å². The number of hydrogen-bond acceptors (Lipinski definition) is 5. The van der Waals surface area contributed by atoms with E-state index in [4.69, 9.17) is 5.84 Å². The average molecular weight is 318 g/mol. The molecule has 1 aliphatic carbocycles. The number of nitrogens with two attached hydrogens (primary N) is 1. The van der Waals surface area contributed by atoms with Crippen LogP contribution in [-0.2, 0) is 9.59 Å². The Morgan fingerprint density at radius 3 is 2.50 bits per heavy atom. The third kappa shape index (κ3) is 2.22. The summed E-state index contributed by atoms with van der Waals surface area (Å²) in [6.45, 7) is 0.176. The molecule has 2 unspecified atom stereocenters. The van der Waals surface area contributed by atoms with E-state index in [0.717, 1.165) is 4.90 Å². The summed E-state index contributed by atoms with van der Waals surface area (Å²) in [4.78, 5) is 37.2. The fourth-order valence-electron chi connectivity index (χ4n) is 3.21. The highest BCUT2D eigenvalue weighted by Gasteiger charge is 2.52. The molecule has 10 heteroatoms. The summed E-state index contributed by atoms with van der Waals surface area (Å²) in [6.07, 6.45) is -0.577. The number of hydrogen-bond donors (Lipinski definition) is 2. The Balaban J connectivity index is 1.66. The van der Waals surface area contributed by atoms with Crippen LogP contribution in [0.25, 0.3) is 0 Å². The molecule has 0 radical (unpaired) electrons. The molecule has 0 aromatic rings. The first kappa shape index (κ1) is 15.1. The van der Waals surface area contributed by atoms with Gasteiger partial charge in [0.25, 0.3) is 5.91 Å². The fraction of sp³-hybridized carbons (Fsp3) is 0.750. The Labute approximate surface area is 124 Å². The van der Waals surface area contributed by atoms with Crippen molar-refractivity contribution in [1.82, 2.24) is 15.0 Å². The first-order chi connectivity index (χ1) is 10.2. The van der Waals surface area contributed by atoms with Crippen LogP contribution in [0.1, 0.15) is 25.7 Å². The number of carbonyl (C=O) groups excluding carboxylic acids is 3. The predicted molar refractivity (Wildman–Crippen MR) is 66.2 cm³/mol. The molecule has 4 amide bonds. The Kier molecular flexibility index (Phi) is 3.33. The van der Waals surface area contributed by atoms with Gasteiger partial charge in [-0.05, 0) is 12.8 Å². The Hall–Kier alpha value is -1.81. The molecule has 2 saturated heterocycles. The molecule has 2 heterocycles. The lowest BCUT2D eigenvalue weighted by atomic mass is 9.80. The molecule has 2 bridgehead atoms. The maximum absolute atomic E-state index is 12.8. The van der Waals surface area contributed by atoms with E-state index in [1.807, 2.05) is 0 Å². The van der Waals surface area contributed by atoms with Gasteiger partial charge in [-0.1, -0.05) is 0 Å². The lowest BCUT2D eigenvalue weighted by molar-refractivity contribution is -0.166. The smallest absolute Gasteiger partial charge is 0.309 e. The number of nitrogens with zero attached hydrogens (tertiary/aromatic N) is 3. The van der Waals surface area contributed by atoms with Crippen LogP contribution in [0.15, 0.2) is 0 Å². The van der Waals surface area contributed by atoms with Crippen molar-refractivity contribution in [3.63, 3.8) is 0 Å². The number of hydrazine groups is 1. The summed E-state index contributed by atoms with van der Waals surface area (Å²) < 4.78 is 25.6. The number of fused-ring (bicyclic) bond motifs is 2. The highest BCUT2D eigenvalue weighted by molar-refractivity contribution is 6.00. The summed E-state index contributed by atoms with van der Waals surface area (Å²) in [5, 5.41) is 10.5. The van der Waals surface area contributed by atoms with Crippen LogP contribution in [0.2, 0.25) is 0 Å². The number of carbonyl (C=O) groups is 3. The molecule has 22 heavy (non-hydrogen) atoms. The van der Waals surface area contributed by atoms with Crippen molar-refractivity contribution in [3.05, 3.63) is 0 Å². The summed E-state index contributed by atoms with van der Waals surface area (Å²) >= 11 is 0. The number of amides is 4. The second kappa shape index (κ2) is 4.85. The fourth-order valence-corrected chi connectivity index (χ4v) is 3.21. The van der Waals surface area contributed by atoms with Gasteiger partial charge in [0.15, 0.2) is 0 Å². The maximum atomic E-state index is 12.8. The normalized spacial score (nSPS) is 30.3. The molecule has 2 aliphatic heterocycles. The van der Waals surface area contributed by atoms with Gasteiger partial charge in [0.2, 0.25) is 11.8 Å². The van der Waals surface area contributed by atoms with Crippen molar-refractivity contribution >= 4 is 17.8 Å². The Bertz CT molecular complexity index is 535. The summed E-state index contributed by atoms with van der Waals surface area (Å²) in [6, 6.07) is -2.03. The lowest BCUT2D eigenvalue weighted by Gasteiger charge is -2.37. The van der Waals surface area contributed by atoms with Gasteiger partial charge in [0.05, 0.1) is 12.0 Å². The molecule has 0 spiro atoms. The number of halogens is 2. The lowest BCUT2D eigenvalue weighted by Crippen LogP contribution is -2.58. The molecule has 122 valence electrons. The van der Waals surface area contributed by atoms with Gasteiger partial charge in [-0.3, -0.25) is 14.8 Å². The van der Waals surface area contributed by atoms with Crippen molar-refractivity contribution < 1.29 is 28.4 Å². The van der Waals surface area contributed by atoms with Crippen LogP contribution < -0.4 is 5.84 Å². The first-order valence-electron chi connectivity index (χ1n) is 7.00. The molecular weight excluding hydrogens is 302 g/mol. The van der Waals surface area contributed by atoms with E-state index in [1.165, 1.54) is 0 Å². The zero-order valence-corrected chi connectivity index (χ0v) is 11.6. The second-order valence-corrected chi connectivity index (χ2v) is 6.03. The molecule has 0 aromatic carbocycles. The summed E-state index contributed by atoms with van der Waals surface area (Å²) in [5.41, 5.74) is 0. The quantitative estimate of drug-likeness (QED) is 0.243. The molecule has 3 N–H and O–H groups in total. The minimum Gasteiger partial charge on any atom is -0.309 e. The zero-order valence-electron chi connectivity index (χ0n) is 11.6. The van der Waals surface area contributed by atoms with E-state index < -0.39 is 48.6 Å². The van der Waals surface area contributed by atoms with E-state index in [2.05, 4.69) is 0 Å². The van der Waals surface area contributed by atoms with Crippen molar-refractivity contribution in [3.8, 4) is 0 Å². The highest BCUT2D eigenvalue weighted by Crippen LogP contribution is 2.43. The number of alkyl halides is 2. The number of urea groups is 1. The van der Waals surface area contributed by atoms with E-state index in [0.29, 0.717) is 16.5 Å². The molecule has 3 rings (SSSR count). The maximum Gasteiger partial charge on any atom is 0.344 e.